The third kappa shape index (κ3) is 3.38. The van der Waals surface area contributed by atoms with Gasteiger partial charge in [0.25, 0.3) is 0 Å². The van der Waals surface area contributed by atoms with Crippen molar-refractivity contribution in [3.05, 3.63) is 41.2 Å². The van der Waals surface area contributed by atoms with E-state index in [1.54, 1.807) is 0 Å². The molecule has 0 bridgehead atoms. The van der Waals surface area contributed by atoms with Crippen molar-refractivity contribution in [2.24, 2.45) is 4.99 Å². The van der Waals surface area contributed by atoms with Crippen molar-refractivity contribution in [2.75, 3.05) is 18.0 Å². The molecule has 118 valence electrons. The molecule has 4 nitrogen and oxygen atoms in total. The van der Waals surface area contributed by atoms with E-state index in [-0.39, 0.29) is 0 Å². The van der Waals surface area contributed by atoms with E-state index in [1.165, 1.54) is 5.69 Å². The lowest BCUT2D eigenvalue weighted by Crippen LogP contribution is -2.21. The van der Waals surface area contributed by atoms with Gasteiger partial charge in [0, 0.05) is 31.5 Å². The molecule has 1 aromatic heterocycles. The van der Waals surface area contributed by atoms with Crippen molar-refractivity contribution in [2.45, 2.75) is 41.2 Å². The number of aryl methyl sites for hydroxylation is 2. The van der Waals surface area contributed by atoms with Crippen LogP contribution < -0.4 is 4.90 Å². The summed E-state index contributed by atoms with van der Waals surface area (Å²) in [5.41, 5.74) is 5.45. The maximum absolute atomic E-state index is 4.64. The predicted molar refractivity (Wildman–Crippen MR) is 94.6 cm³/mol. The number of hydrogen-bond acceptors (Lipinski definition) is 3. The Kier molecular flexibility index (Phi) is 5.36. The Bertz CT molecular complexity index is 634. The molecule has 0 radical (unpaired) electrons. The molecule has 0 spiro atoms. The SMILES string of the molecule is CCN(CC)c1ccc(C=Nc2c(C)nn(CC)c2C)cc1. The molecule has 1 aromatic carbocycles. The first-order chi connectivity index (χ1) is 10.6. The summed E-state index contributed by atoms with van der Waals surface area (Å²) in [5.74, 6) is 0. The molecule has 0 saturated heterocycles. The van der Waals surface area contributed by atoms with Gasteiger partial charge in [0.15, 0.2) is 0 Å². The highest BCUT2D eigenvalue weighted by Crippen LogP contribution is 2.23. The molecule has 0 unspecified atom stereocenters. The van der Waals surface area contributed by atoms with Crippen molar-refractivity contribution in [3.63, 3.8) is 0 Å². The molecule has 2 rings (SSSR count). The Morgan fingerprint density at radius 2 is 1.73 bits per heavy atom. The van der Waals surface area contributed by atoms with Gasteiger partial charge in [0.2, 0.25) is 0 Å². The Morgan fingerprint density at radius 3 is 2.23 bits per heavy atom. The maximum atomic E-state index is 4.64. The average molecular weight is 298 g/mol. The first-order valence-electron chi connectivity index (χ1n) is 8.03. The standard InChI is InChI=1S/C18H26N4/c1-6-21(7-2)17-11-9-16(10-12-17)13-19-18-14(4)20-22(8-3)15(18)5/h9-13H,6-8H2,1-5H3. The number of hydrogen-bond donors (Lipinski definition) is 0. The van der Waals surface area contributed by atoms with Crippen molar-refractivity contribution >= 4 is 17.6 Å². The molecule has 0 atom stereocenters. The maximum Gasteiger partial charge on any atom is 0.107 e. The van der Waals surface area contributed by atoms with Gasteiger partial charge in [0.05, 0.1) is 11.4 Å². The monoisotopic (exact) mass is 298 g/mol. The molecule has 0 fully saturated rings. The van der Waals surface area contributed by atoms with Crippen molar-refractivity contribution in [1.29, 1.82) is 0 Å². The molecule has 0 amide bonds. The molecule has 4 heteroatoms. The van der Waals surface area contributed by atoms with Crippen LogP contribution in [0.25, 0.3) is 0 Å². The molecule has 0 aliphatic rings. The van der Waals surface area contributed by atoms with E-state index in [2.05, 4.69) is 67.0 Å². The molecular weight excluding hydrogens is 272 g/mol. The van der Waals surface area contributed by atoms with Crippen molar-refractivity contribution < 1.29 is 0 Å². The van der Waals surface area contributed by atoms with Gasteiger partial charge >= 0.3 is 0 Å². The van der Waals surface area contributed by atoms with Gasteiger partial charge in [-0.2, -0.15) is 5.10 Å². The summed E-state index contributed by atoms with van der Waals surface area (Å²) < 4.78 is 1.99. The van der Waals surface area contributed by atoms with Crippen LogP contribution in [0.3, 0.4) is 0 Å². The number of rotatable bonds is 6. The van der Waals surface area contributed by atoms with E-state index in [0.717, 1.165) is 42.3 Å². The summed E-state index contributed by atoms with van der Waals surface area (Å²) in [6.45, 7) is 13.5. The zero-order valence-electron chi connectivity index (χ0n) is 14.3. The van der Waals surface area contributed by atoms with E-state index < -0.39 is 0 Å². The van der Waals surface area contributed by atoms with Crippen LogP contribution in [0.4, 0.5) is 11.4 Å². The van der Waals surface area contributed by atoms with Crippen LogP contribution in [0.2, 0.25) is 0 Å². The van der Waals surface area contributed by atoms with E-state index in [0.29, 0.717) is 0 Å². The van der Waals surface area contributed by atoms with E-state index >= 15 is 0 Å². The second-order valence-corrected chi connectivity index (χ2v) is 5.36. The molecule has 1 heterocycles. The lowest BCUT2D eigenvalue weighted by molar-refractivity contribution is 0.634. The van der Waals surface area contributed by atoms with Crippen molar-refractivity contribution in [1.82, 2.24) is 9.78 Å². The minimum absolute atomic E-state index is 0.876. The summed E-state index contributed by atoms with van der Waals surface area (Å²) in [5, 5.41) is 4.50. The number of aromatic nitrogens is 2. The second kappa shape index (κ2) is 7.25. The summed E-state index contributed by atoms with van der Waals surface area (Å²) >= 11 is 0. The minimum atomic E-state index is 0.876. The van der Waals surface area contributed by atoms with E-state index in [4.69, 9.17) is 0 Å². The quantitative estimate of drug-likeness (QED) is 0.752. The molecule has 2 aromatic rings. The topological polar surface area (TPSA) is 33.4 Å². The van der Waals surface area contributed by atoms with Crippen molar-refractivity contribution in [3.8, 4) is 0 Å². The Balaban J connectivity index is 2.19. The van der Waals surface area contributed by atoms with Crippen LogP contribution in [0.1, 0.15) is 37.7 Å². The molecule has 0 N–H and O–H groups in total. The van der Waals surface area contributed by atoms with Crippen LogP contribution in [-0.2, 0) is 6.54 Å². The second-order valence-electron chi connectivity index (χ2n) is 5.36. The van der Waals surface area contributed by atoms with Gasteiger partial charge in [-0.05, 0) is 52.3 Å². The van der Waals surface area contributed by atoms with E-state index in [9.17, 15) is 0 Å². The fourth-order valence-corrected chi connectivity index (χ4v) is 2.68. The van der Waals surface area contributed by atoms with Crippen LogP contribution in [0, 0.1) is 13.8 Å². The minimum Gasteiger partial charge on any atom is -0.372 e. The molecule has 22 heavy (non-hydrogen) atoms. The summed E-state index contributed by atoms with van der Waals surface area (Å²) in [6, 6.07) is 8.55. The summed E-state index contributed by atoms with van der Waals surface area (Å²) in [4.78, 5) is 6.97. The highest BCUT2D eigenvalue weighted by atomic mass is 15.3. The lowest BCUT2D eigenvalue weighted by Gasteiger charge is -2.20. The third-order valence-electron chi connectivity index (χ3n) is 4.01. The zero-order chi connectivity index (χ0) is 16.1. The molecule has 0 aliphatic heterocycles. The van der Waals surface area contributed by atoms with Gasteiger partial charge in [-0.1, -0.05) is 12.1 Å². The molecule has 0 aliphatic carbocycles. The molecular formula is C18H26N4. The Hall–Kier alpha value is -2.10. The van der Waals surface area contributed by atoms with Crippen LogP contribution in [0.5, 0.6) is 0 Å². The predicted octanol–water partition coefficient (Wildman–Crippen LogP) is 4.12. The smallest absolute Gasteiger partial charge is 0.107 e. The first-order valence-corrected chi connectivity index (χ1v) is 8.03. The van der Waals surface area contributed by atoms with Crippen LogP contribution >= 0.6 is 0 Å². The fourth-order valence-electron chi connectivity index (χ4n) is 2.68. The van der Waals surface area contributed by atoms with E-state index in [1.807, 2.05) is 17.8 Å². The van der Waals surface area contributed by atoms with Gasteiger partial charge < -0.3 is 4.90 Å². The number of nitrogens with zero attached hydrogens (tertiary/aromatic N) is 4. The lowest BCUT2D eigenvalue weighted by atomic mass is 10.2. The van der Waals surface area contributed by atoms with Crippen LogP contribution in [0.15, 0.2) is 29.3 Å². The van der Waals surface area contributed by atoms with Gasteiger partial charge in [-0.25, -0.2) is 0 Å². The molecule has 0 saturated carbocycles. The fraction of sp³-hybridized carbons (Fsp3) is 0.444. The Morgan fingerprint density at radius 1 is 1.09 bits per heavy atom. The normalized spacial score (nSPS) is 11.3. The summed E-state index contributed by atoms with van der Waals surface area (Å²) in [7, 11) is 0. The van der Waals surface area contributed by atoms with Crippen LogP contribution in [-0.4, -0.2) is 29.1 Å². The number of benzene rings is 1. The zero-order valence-corrected chi connectivity index (χ0v) is 14.3. The van der Waals surface area contributed by atoms with Gasteiger partial charge in [-0.3, -0.25) is 9.67 Å². The third-order valence-corrected chi connectivity index (χ3v) is 4.01. The largest absolute Gasteiger partial charge is 0.372 e. The Labute approximate surface area is 133 Å². The average Bonchev–Trinajstić information content (AvgIpc) is 2.82. The number of aliphatic imine (C=N–C) groups is 1. The number of anilines is 1. The first kappa shape index (κ1) is 16.3. The highest BCUT2D eigenvalue weighted by Gasteiger charge is 2.08. The van der Waals surface area contributed by atoms with Gasteiger partial charge in [-0.15, -0.1) is 0 Å². The van der Waals surface area contributed by atoms with Gasteiger partial charge in [0.1, 0.15) is 5.69 Å². The summed E-state index contributed by atoms with van der Waals surface area (Å²) in [6.07, 6.45) is 1.92. The highest BCUT2D eigenvalue weighted by molar-refractivity contribution is 5.83.